The third-order valence-corrected chi connectivity index (χ3v) is 3.47. The van der Waals surface area contributed by atoms with Crippen molar-refractivity contribution < 1.29 is 19.1 Å². The maximum absolute atomic E-state index is 12.4. The number of esters is 2. The first-order valence-electron chi connectivity index (χ1n) is 7.66. The van der Waals surface area contributed by atoms with Gasteiger partial charge in [0, 0.05) is 6.20 Å². The molecule has 2 N–H and O–H groups in total. The monoisotopic (exact) mass is 341 g/mol. The number of para-hydroxylation sites is 1. The molecule has 0 atom stereocenters. The number of ether oxygens (including phenoxy) is 2. The molecular weight excluding hydrogens is 322 g/mol. The van der Waals surface area contributed by atoms with Crippen LogP contribution in [0.4, 0.5) is 5.69 Å². The van der Waals surface area contributed by atoms with Gasteiger partial charge in [-0.3, -0.25) is 0 Å². The van der Waals surface area contributed by atoms with Crippen molar-refractivity contribution in [3.8, 4) is 11.8 Å². The SMILES string of the molecule is COC(=O)c1c(N)c(C#N)cn1-c1ccccc1C(=O)OCC(C)C. The lowest BCUT2D eigenvalue weighted by Crippen LogP contribution is -2.16. The Kier molecular flexibility index (Phi) is 5.45. The zero-order chi connectivity index (χ0) is 18.6. The number of methoxy groups -OCH3 is 1. The number of hydrogen-bond donors (Lipinski definition) is 1. The quantitative estimate of drug-likeness (QED) is 0.837. The molecule has 7 nitrogen and oxygen atoms in total. The predicted molar refractivity (Wildman–Crippen MR) is 91.4 cm³/mol. The second-order valence-corrected chi connectivity index (χ2v) is 5.79. The number of nitriles is 1. The van der Waals surface area contributed by atoms with Crippen molar-refractivity contribution in [3.05, 3.63) is 47.3 Å². The van der Waals surface area contributed by atoms with Gasteiger partial charge >= 0.3 is 11.9 Å². The summed E-state index contributed by atoms with van der Waals surface area (Å²) in [5.41, 5.74) is 6.63. The number of aromatic nitrogens is 1. The van der Waals surface area contributed by atoms with Gasteiger partial charge in [0.05, 0.1) is 36.2 Å². The molecule has 0 aliphatic heterocycles. The van der Waals surface area contributed by atoms with E-state index in [1.54, 1.807) is 24.3 Å². The number of benzene rings is 1. The molecule has 0 bridgehead atoms. The summed E-state index contributed by atoms with van der Waals surface area (Å²) in [4.78, 5) is 24.5. The van der Waals surface area contributed by atoms with Gasteiger partial charge in [-0.25, -0.2) is 9.59 Å². The molecule has 0 fully saturated rings. The third-order valence-electron chi connectivity index (χ3n) is 3.47. The first-order valence-corrected chi connectivity index (χ1v) is 7.66. The van der Waals surface area contributed by atoms with Crippen molar-refractivity contribution in [1.29, 1.82) is 5.26 Å². The standard InChI is InChI=1S/C18H19N3O4/c1-11(2)10-25-17(22)13-6-4-5-7-14(13)21-9-12(8-19)15(20)16(21)18(23)24-3/h4-7,9,11H,10,20H2,1-3H3. The van der Waals surface area contributed by atoms with Gasteiger partial charge in [0.15, 0.2) is 5.69 Å². The molecule has 0 aliphatic carbocycles. The van der Waals surface area contributed by atoms with E-state index >= 15 is 0 Å². The summed E-state index contributed by atoms with van der Waals surface area (Å²) >= 11 is 0. The number of nitrogen functional groups attached to an aromatic ring is 1. The Balaban J connectivity index is 2.59. The molecule has 1 aromatic carbocycles. The second-order valence-electron chi connectivity index (χ2n) is 5.79. The van der Waals surface area contributed by atoms with Crippen LogP contribution in [0.25, 0.3) is 5.69 Å². The van der Waals surface area contributed by atoms with E-state index in [2.05, 4.69) is 0 Å². The number of anilines is 1. The maximum atomic E-state index is 12.4. The smallest absolute Gasteiger partial charge is 0.357 e. The van der Waals surface area contributed by atoms with Crippen molar-refractivity contribution in [2.24, 2.45) is 5.92 Å². The highest BCUT2D eigenvalue weighted by Crippen LogP contribution is 2.27. The molecule has 130 valence electrons. The molecule has 1 aromatic heterocycles. The Labute approximate surface area is 145 Å². The van der Waals surface area contributed by atoms with Gasteiger partial charge in [0.1, 0.15) is 6.07 Å². The summed E-state index contributed by atoms with van der Waals surface area (Å²) < 4.78 is 11.4. The minimum Gasteiger partial charge on any atom is -0.464 e. The van der Waals surface area contributed by atoms with Gasteiger partial charge < -0.3 is 19.8 Å². The molecule has 0 amide bonds. The maximum Gasteiger partial charge on any atom is 0.357 e. The lowest BCUT2D eigenvalue weighted by Gasteiger charge is -2.13. The average Bonchev–Trinajstić information content (AvgIpc) is 2.95. The fourth-order valence-corrected chi connectivity index (χ4v) is 2.28. The molecule has 0 spiro atoms. The highest BCUT2D eigenvalue weighted by molar-refractivity contribution is 5.98. The van der Waals surface area contributed by atoms with Crippen molar-refractivity contribution >= 4 is 17.6 Å². The van der Waals surface area contributed by atoms with Crippen LogP contribution < -0.4 is 5.73 Å². The zero-order valence-corrected chi connectivity index (χ0v) is 14.3. The van der Waals surface area contributed by atoms with E-state index in [4.69, 9.17) is 15.2 Å². The van der Waals surface area contributed by atoms with Gasteiger partial charge in [-0.05, 0) is 18.1 Å². The van der Waals surface area contributed by atoms with Crippen LogP contribution in [0.2, 0.25) is 0 Å². The highest BCUT2D eigenvalue weighted by atomic mass is 16.5. The van der Waals surface area contributed by atoms with Gasteiger partial charge in [-0.2, -0.15) is 5.26 Å². The van der Waals surface area contributed by atoms with Gasteiger partial charge in [-0.15, -0.1) is 0 Å². The molecule has 7 heteroatoms. The molecule has 0 unspecified atom stereocenters. The Hall–Kier alpha value is -3.27. The Morgan fingerprint density at radius 3 is 2.56 bits per heavy atom. The molecular formula is C18H19N3O4. The van der Waals surface area contributed by atoms with Gasteiger partial charge in [-0.1, -0.05) is 26.0 Å². The molecule has 25 heavy (non-hydrogen) atoms. The Morgan fingerprint density at radius 2 is 1.96 bits per heavy atom. The summed E-state index contributed by atoms with van der Waals surface area (Å²) in [5, 5.41) is 9.19. The van der Waals surface area contributed by atoms with Crippen LogP contribution in [0.5, 0.6) is 0 Å². The van der Waals surface area contributed by atoms with Crippen LogP contribution >= 0.6 is 0 Å². The van der Waals surface area contributed by atoms with Crippen LogP contribution in [-0.2, 0) is 9.47 Å². The minimum absolute atomic E-state index is 0.000277. The summed E-state index contributed by atoms with van der Waals surface area (Å²) in [6, 6.07) is 8.54. The summed E-state index contributed by atoms with van der Waals surface area (Å²) in [6.45, 7) is 4.13. The van der Waals surface area contributed by atoms with E-state index in [0.717, 1.165) is 0 Å². The largest absolute Gasteiger partial charge is 0.464 e. The van der Waals surface area contributed by atoms with E-state index in [1.165, 1.54) is 17.9 Å². The molecule has 0 radical (unpaired) electrons. The number of nitrogens with two attached hydrogens (primary N) is 1. The van der Waals surface area contributed by atoms with Crippen LogP contribution in [-0.4, -0.2) is 30.2 Å². The van der Waals surface area contributed by atoms with Crippen LogP contribution in [0, 0.1) is 17.2 Å². The van der Waals surface area contributed by atoms with E-state index in [0.29, 0.717) is 5.69 Å². The van der Waals surface area contributed by atoms with Gasteiger partial charge in [0.25, 0.3) is 0 Å². The van der Waals surface area contributed by atoms with Crippen molar-refractivity contribution in [2.45, 2.75) is 13.8 Å². The average molecular weight is 341 g/mol. The number of hydrogen-bond acceptors (Lipinski definition) is 6. The second kappa shape index (κ2) is 7.53. The van der Waals surface area contributed by atoms with E-state index in [-0.39, 0.29) is 35.0 Å². The summed E-state index contributed by atoms with van der Waals surface area (Å²) in [7, 11) is 1.22. The van der Waals surface area contributed by atoms with Gasteiger partial charge in [0.2, 0.25) is 0 Å². The lowest BCUT2D eigenvalue weighted by molar-refractivity contribution is 0.0457. The molecule has 0 saturated heterocycles. The van der Waals surface area contributed by atoms with Crippen molar-refractivity contribution in [1.82, 2.24) is 4.57 Å². The van der Waals surface area contributed by atoms with Crippen molar-refractivity contribution in [2.75, 3.05) is 19.5 Å². The van der Waals surface area contributed by atoms with Crippen molar-refractivity contribution in [3.63, 3.8) is 0 Å². The molecule has 1 heterocycles. The molecule has 2 rings (SSSR count). The Morgan fingerprint density at radius 1 is 1.28 bits per heavy atom. The highest BCUT2D eigenvalue weighted by Gasteiger charge is 2.24. The lowest BCUT2D eigenvalue weighted by atomic mass is 10.1. The fraction of sp³-hybridized carbons (Fsp3) is 0.278. The normalized spacial score (nSPS) is 10.4. The molecule has 2 aromatic rings. The first kappa shape index (κ1) is 18.1. The number of rotatable bonds is 5. The molecule has 0 saturated carbocycles. The van der Waals surface area contributed by atoms with E-state index in [9.17, 15) is 14.9 Å². The van der Waals surface area contributed by atoms with E-state index < -0.39 is 11.9 Å². The number of carbonyl (C=O) groups excluding carboxylic acids is 2. The zero-order valence-electron chi connectivity index (χ0n) is 14.3. The Bertz CT molecular complexity index is 846. The predicted octanol–water partition coefficient (Wildman–Crippen LogP) is 2.53. The first-order chi connectivity index (χ1) is 11.9. The minimum atomic E-state index is -0.704. The van der Waals surface area contributed by atoms with Crippen LogP contribution in [0.15, 0.2) is 30.5 Å². The third kappa shape index (κ3) is 3.63. The molecule has 0 aliphatic rings. The van der Waals surface area contributed by atoms with E-state index in [1.807, 2.05) is 19.9 Å². The number of carbonyl (C=O) groups is 2. The topological polar surface area (TPSA) is 107 Å². The fourth-order valence-electron chi connectivity index (χ4n) is 2.28. The van der Waals surface area contributed by atoms with Crippen LogP contribution in [0.3, 0.4) is 0 Å². The summed E-state index contributed by atoms with van der Waals surface area (Å²) in [5.74, 6) is -1.04. The summed E-state index contributed by atoms with van der Waals surface area (Å²) in [6.07, 6.45) is 1.40. The van der Waals surface area contributed by atoms with Crippen LogP contribution in [0.1, 0.15) is 40.3 Å². The number of nitrogens with zero attached hydrogens (tertiary/aromatic N) is 2.